The van der Waals surface area contributed by atoms with Crippen LogP contribution in [0.2, 0.25) is 0 Å². The lowest BCUT2D eigenvalue weighted by Gasteiger charge is -2.28. The Morgan fingerprint density at radius 1 is 1.11 bits per heavy atom. The van der Waals surface area contributed by atoms with E-state index in [0.29, 0.717) is 31.1 Å². The highest BCUT2D eigenvalue weighted by Gasteiger charge is 2.35. The third-order valence-corrected chi connectivity index (χ3v) is 5.08. The Morgan fingerprint density at radius 3 is 2.71 bits per heavy atom. The number of para-hydroxylation sites is 2. The Kier molecular flexibility index (Phi) is 4.00. The van der Waals surface area contributed by atoms with Gasteiger partial charge >= 0.3 is 0 Å². The molecule has 0 aliphatic carbocycles. The van der Waals surface area contributed by atoms with Crippen molar-refractivity contribution in [3.8, 4) is 11.5 Å². The van der Waals surface area contributed by atoms with Crippen molar-refractivity contribution in [1.82, 2.24) is 14.7 Å². The van der Waals surface area contributed by atoms with Crippen LogP contribution in [0.3, 0.4) is 0 Å². The van der Waals surface area contributed by atoms with E-state index in [1.165, 1.54) is 12.1 Å². The first-order valence-electron chi connectivity index (χ1n) is 9.12. The molecule has 5 rings (SSSR count). The Hall–Kier alpha value is -3.35. The molecule has 2 aliphatic rings. The maximum atomic E-state index is 13.1. The minimum atomic E-state index is -0.655. The van der Waals surface area contributed by atoms with Crippen molar-refractivity contribution < 1.29 is 18.7 Å². The number of benzene rings is 2. The molecular weight excluding hydrogens is 361 g/mol. The van der Waals surface area contributed by atoms with Gasteiger partial charge in [-0.1, -0.05) is 24.3 Å². The van der Waals surface area contributed by atoms with E-state index in [9.17, 15) is 9.18 Å². The molecule has 3 heterocycles. The number of rotatable bonds is 3. The van der Waals surface area contributed by atoms with Gasteiger partial charge in [0.05, 0.1) is 25.0 Å². The van der Waals surface area contributed by atoms with E-state index in [1.807, 2.05) is 22.9 Å². The molecule has 7 heteroatoms. The van der Waals surface area contributed by atoms with Crippen molar-refractivity contribution in [3.63, 3.8) is 0 Å². The molecule has 142 valence electrons. The predicted octanol–water partition coefficient (Wildman–Crippen LogP) is 2.75. The largest absolute Gasteiger partial charge is 0.485 e. The second-order valence-electron chi connectivity index (χ2n) is 6.96. The number of nitrogens with zero attached hydrogens (tertiary/aromatic N) is 3. The van der Waals surface area contributed by atoms with Gasteiger partial charge in [0.1, 0.15) is 12.4 Å². The van der Waals surface area contributed by atoms with Crippen LogP contribution in [-0.2, 0) is 24.4 Å². The van der Waals surface area contributed by atoms with Gasteiger partial charge < -0.3 is 14.4 Å². The molecule has 0 spiro atoms. The minimum Gasteiger partial charge on any atom is -0.485 e. The summed E-state index contributed by atoms with van der Waals surface area (Å²) in [6, 6.07) is 13.7. The summed E-state index contributed by atoms with van der Waals surface area (Å²) < 4.78 is 26.5. The molecule has 28 heavy (non-hydrogen) atoms. The average Bonchev–Trinajstić information content (AvgIpc) is 3.31. The first-order valence-corrected chi connectivity index (χ1v) is 9.12. The van der Waals surface area contributed by atoms with Gasteiger partial charge in [0.15, 0.2) is 11.5 Å². The van der Waals surface area contributed by atoms with Crippen LogP contribution in [0.25, 0.3) is 0 Å². The van der Waals surface area contributed by atoms with E-state index in [4.69, 9.17) is 9.47 Å². The summed E-state index contributed by atoms with van der Waals surface area (Å²) in [5.41, 5.74) is 2.97. The fourth-order valence-electron chi connectivity index (χ4n) is 3.61. The standard InChI is InChI=1S/C21H18FN3O3/c22-16-7-5-14(6-8-16)10-25-17-12-24(11-15(17)9-23-25)21(26)20-13-27-18-3-1-2-4-19(18)28-20/h1-9,20H,10-13H2/t20-/m0/s1. The summed E-state index contributed by atoms with van der Waals surface area (Å²) in [6.07, 6.45) is 1.14. The number of carbonyl (C=O) groups is 1. The third kappa shape index (κ3) is 2.98. The number of ether oxygens (including phenoxy) is 2. The predicted molar refractivity (Wildman–Crippen MR) is 98.3 cm³/mol. The molecule has 0 saturated heterocycles. The molecule has 2 aromatic carbocycles. The van der Waals surface area contributed by atoms with E-state index in [1.54, 1.807) is 29.3 Å². The SMILES string of the molecule is O=C([C@@H]1COc2ccccc2O1)N1Cc2cnn(Cc3ccc(F)cc3)c2C1. The Bertz CT molecular complexity index is 1030. The maximum absolute atomic E-state index is 13.1. The molecule has 1 aromatic heterocycles. The number of carbonyl (C=O) groups excluding carboxylic acids is 1. The quantitative estimate of drug-likeness (QED) is 0.702. The van der Waals surface area contributed by atoms with Crippen LogP contribution in [0.4, 0.5) is 4.39 Å². The lowest BCUT2D eigenvalue weighted by Crippen LogP contribution is -2.44. The van der Waals surface area contributed by atoms with Crippen molar-refractivity contribution in [2.24, 2.45) is 0 Å². The van der Waals surface area contributed by atoms with Crippen LogP contribution in [0, 0.1) is 5.82 Å². The molecule has 0 unspecified atom stereocenters. The van der Waals surface area contributed by atoms with Gasteiger partial charge in [0.2, 0.25) is 6.10 Å². The third-order valence-electron chi connectivity index (χ3n) is 5.08. The summed E-state index contributed by atoms with van der Waals surface area (Å²) in [4.78, 5) is 14.7. The van der Waals surface area contributed by atoms with Crippen molar-refractivity contribution in [1.29, 1.82) is 0 Å². The monoisotopic (exact) mass is 379 g/mol. The Labute approximate surface area is 161 Å². The van der Waals surface area contributed by atoms with Gasteiger partial charge in [-0.3, -0.25) is 9.48 Å². The van der Waals surface area contributed by atoms with E-state index in [-0.39, 0.29) is 18.3 Å². The molecule has 1 atom stereocenters. The molecule has 0 saturated carbocycles. The molecule has 6 nitrogen and oxygen atoms in total. The van der Waals surface area contributed by atoms with E-state index >= 15 is 0 Å². The molecule has 3 aromatic rings. The fourth-order valence-corrected chi connectivity index (χ4v) is 3.61. The second kappa shape index (κ2) is 6.67. The average molecular weight is 379 g/mol. The normalized spacial score (nSPS) is 17.5. The minimum absolute atomic E-state index is 0.0981. The van der Waals surface area contributed by atoms with Crippen LogP contribution in [-0.4, -0.2) is 33.3 Å². The number of hydrogen-bond donors (Lipinski definition) is 0. The summed E-state index contributed by atoms with van der Waals surface area (Å²) in [7, 11) is 0. The van der Waals surface area contributed by atoms with E-state index in [2.05, 4.69) is 5.10 Å². The summed E-state index contributed by atoms with van der Waals surface area (Å²) in [6.45, 7) is 1.70. The zero-order valence-electron chi connectivity index (χ0n) is 15.0. The van der Waals surface area contributed by atoms with Crippen molar-refractivity contribution >= 4 is 5.91 Å². The van der Waals surface area contributed by atoms with Crippen LogP contribution >= 0.6 is 0 Å². The maximum Gasteiger partial charge on any atom is 0.267 e. The van der Waals surface area contributed by atoms with Crippen LogP contribution in [0.1, 0.15) is 16.8 Å². The second-order valence-corrected chi connectivity index (χ2v) is 6.96. The Balaban J connectivity index is 1.29. The first-order chi connectivity index (χ1) is 13.7. The van der Waals surface area contributed by atoms with Crippen LogP contribution in [0.15, 0.2) is 54.7 Å². The summed E-state index contributed by atoms with van der Waals surface area (Å²) in [5, 5.41) is 4.42. The van der Waals surface area contributed by atoms with Crippen LogP contribution in [0.5, 0.6) is 11.5 Å². The van der Waals surface area contributed by atoms with Gasteiger partial charge in [0, 0.05) is 12.1 Å². The fraction of sp³-hybridized carbons (Fsp3) is 0.238. The highest BCUT2D eigenvalue weighted by Crippen LogP contribution is 2.32. The number of fused-ring (bicyclic) bond motifs is 2. The van der Waals surface area contributed by atoms with Gasteiger partial charge in [-0.05, 0) is 29.8 Å². The first kappa shape index (κ1) is 16.8. The Morgan fingerprint density at radius 2 is 1.89 bits per heavy atom. The molecule has 0 bridgehead atoms. The van der Waals surface area contributed by atoms with Crippen LogP contribution < -0.4 is 9.47 Å². The lowest BCUT2D eigenvalue weighted by molar-refractivity contribution is -0.141. The topological polar surface area (TPSA) is 56.6 Å². The van der Waals surface area contributed by atoms with Gasteiger partial charge in [-0.2, -0.15) is 5.10 Å². The van der Waals surface area contributed by atoms with Crippen molar-refractivity contribution in [2.45, 2.75) is 25.7 Å². The zero-order chi connectivity index (χ0) is 19.1. The lowest BCUT2D eigenvalue weighted by atomic mass is 10.2. The summed E-state index contributed by atoms with van der Waals surface area (Å²) >= 11 is 0. The number of aromatic nitrogens is 2. The zero-order valence-corrected chi connectivity index (χ0v) is 15.0. The number of hydrogen-bond acceptors (Lipinski definition) is 4. The smallest absolute Gasteiger partial charge is 0.267 e. The van der Waals surface area contributed by atoms with Gasteiger partial charge in [-0.15, -0.1) is 0 Å². The molecule has 2 aliphatic heterocycles. The van der Waals surface area contributed by atoms with Crippen molar-refractivity contribution in [2.75, 3.05) is 6.61 Å². The highest BCUT2D eigenvalue weighted by molar-refractivity contribution is 5.82. The van der Waals surface area contributed by atoms with Gasteiger partial charge in [0.25, 0.3) is 5.91 Å². The highest BCUT2D eigenvalue weighted by atomic mass is 19.1. The van der Waals surface area contributed by atoms with E-state index in [0.717, 1.165) is 16.8 Å². The van der Waals surface area contributed by atoms with E-state index < -0.39 is 6.10 Å². The number of amides is 1. The molecule has 0 radical (unpaired) electrons. The molecule has 1 amide bonds. The molecular formula is C21H18FN3O3. The molecule has 0 fully saturated rings. The molecule has 0 N–H and O–H groups in total. The summed E-state index contributed by atoms with van der Waals surface area (Å²) in [5.74, 6) is 0.888. The van der Waals surface area contributed by atoms with Crippen molar-refractivity contribution in [3.05, 3.63) is 77.4 Å². The number of halogens is 1. The van der Waals surface area contributed by atoms with Gasteiger partial charge in [-0.25, -0.2) is 4.39 Å².